The first kappa shape index (κ1) is 15.2. The summed E-state index contributed by atoms with van der Waals surface area (Å²) in [5.41, 5.74) is 2.79. The van der Waals surface area contributed by atoms with Gasteiger partial charge >= 0.3 is 0 Å². The molecule has 0 saturated heterocycles. The number of nitrogens with zero attached hydrogens (tertiary/aromatic N) is 1. The number of carbonyl (C=O) groups is 1. The summed E-state index contributed by atoms with van der Waals surface area (Å²) in [4.78, 5) is 17.3. The Morgan fingerprint density at radius 2 is 2.04 bits per heavy atom. The lowest BCUT2D eigenvalue weighted by Crippen LogP contribution is -2.34. The van der Waals surface area contributed by atoms with Crippen LogP contribution in [-0.4, -0.2) is 18.0 Å². The lowest BCUT2D eigenvalue weighted by atomic mass is 9.94. The minimum atomic E-state index is -0.423. The number of carbonyl (C=O) groups excluding carboxylic acids is 1. The zero-order chi connectivity index (χ0) is 16.6. The molecule has 1 amide bonds. The average molecular weight is 322 g/mol. The van der Waals surface area contributed by atoms with Crippen molar-refractivity contribution in [1.82, 2.24) is 10.3 Å². The maximum atomic E-state index is 12.8. The van der Waals surface area contributed by atoms with Crippen molar-refractivity contribution in [3.8, 4) is 5.75 Å². The predicted molar refractivity (Wildman–Crippen MR) is 92.0 cm³/mol. The van der Waals surface area contributed by atoms with Crippen LogP contribution in [0.3, 0.4) is 0 Å². The van der Waals surface area contributed by atoms with Crippen LogP contribution in [0.5, 0.6) is 5.75 Å². The number of methoxy groups -OCH3 is 1. The summed E-state index contributed by atoms with van der Waals surface area (Å²) >= 11 is 0. The Kier molecular flexibility index (Phi) is 3.75. The third kappa shape index (κ3) is 2.77. The fourth-order valence-electron chi connectivity index (χ4n) is 3.30. The first-order chi connectivity index (χ1) is 11.7. The summed E-state index contributed by atoms with van der Waals surface area (Å²) in [6.45, 7) is 0.522. The van der Waals surface area contributed by atoms with Gasteiger partial charge in [0.15, 0.2) is 0 Å². The Hall–Kier alpha value is -2.36. The highest BCUT2D eigenvalue weighted by Gasteiger charge is 2.52. The predicted octanol–water partition coefficient (Wildman–Crippen LogP) is 3.32. The van der Waals surface area contributed by atoms with Crippen molar-refractivity contribution in [2.45, 2.75) is 43.6 Å². The highest BCUT2D eigenvalue weighted by molar-refractivity contribution is 5.92. The molecule has 0 aliphatic heterocycles. The molecule has 1 aromatic carbocycles. The molecule has 2 fully saturated rings. The lowest BCUT2D eigenvalue weighted by molar-refractivity contribution is -0.123. The molecule has 1 N–H and O–H groups in total. The number of aromatic nitrogens is 1. The van der Waals surface area contributed by atoms with Gasteiger partial charge in [-0.3, -0.25) is 9.78 Å². The molecule has 2 aliphatic rings. The van der Waals surface area contributed by atoms with Gasteiger partial charge in [0, 0.05) is 29.9 Å². The molecule has 0 unspecified atom stereocenters. The number of nitrogens with one attached hydrogen (secondary N) is 1. The number of para-hydroxylation sites is 1. The largest absolute Gasteiger partial charge is 0.496 e. The van der Waals surface area contributed by atoms with E-state index in [1.807, 2.05) is 30.5 Å². The molecule has 4 heteroatoms. The first-order valence-electron chi connectivity index (χ1n) is 8.59. The van der Waals surface area contributed by atoms with Crippen LogP contribution in [0, 0.1) is 0 Å². The van der Waals surface area contributed by atoms with Gasteiger partial charge in [0.25, 0.3) is 0 Å². The zero-order valence-corrected chi connectivity index (χ0v) is 13.9. The maximum absolute atomic E-state index is 12.8. The number of rotatable bonds is 6. The van der Waals surface area contributed by atoms with E-state index in [2.05, 4.69) is 22.4 Å². The molecule has 1 aromatic heterocycles. The summed E-state index contributed by atoms with van der Waals surface area (Å²) in [5, 5.41) is 3.08. The van der Waals surface area contributed by atoms with Crippen LogP contribution in [-0.2, 0) is 16.8 Å². The third-order valence-corrected chi connectivity index (χ3v) is 5.10. The second-order valence-electron chi connectivity index (χ2n) is 6.83. The van der Waals surface area contributed by atoms with Gasteiger partial charge in [0.1, 0.15) is 5.75 Å². The molecule has 2 saturated carbocycles. The minimum Gasteiger partial charge on any atom is -0.496 e. The maximum Gasteiger partial charge on any atom is 0.231 e. The first-order valence-corrected chi connectivity index (χ1v) is 8.59. The normalized spacial score (nSPS) is 18.0. The number of pyridine rings is 1. The molecule has 0 bridgehead atoms. The molecule has 2 aliphatic carbocycles. The van der Waals surface area contributed by atoms with Gasteiger partial charge < -0.3 is 10.1 Å². The van der Waals surface area contributed by atoms with Crippen molar-refractivity contribution in [2.24, 2.45) is 0 Å². The highest BCUT2D eigenvalue weighted by atomic mass is 16.5. The van der Waals surface area contributed by atoms with Crippen molar-refractivity contribution < 1.29 is 9.53 Å². The summed E-state index contributed by atoms with van der Waals surface area (Å²) in [6.07, 6.45) is 6.14. The van der Waals surface area contributed by atoms with E-state index in [0.717, 1.165) is 29.7 Å². The van der Waals surface area contributed by atoms with Gasteiger partial charge in [0.2, 0.25) is 5.91 Å². The van der Waals surface area contributed by atoms with Crippen molar-refractivity contribution in [1.29, 1.82) is 0 Å². The highest BCUT2D eigenvalue weighted by Crippen LogP contribution is 2.51. The number of hydrogen-bond donors (Lipinski definition) is 1. The van der Waals surface area contributed by atoms with Crippen LogP contribution in [0.25, 0.3) is 0 Å². The topological polar surface area (TPSA) is 51.2 Å². The fourth-order valence-corrected chi connectivity index (χ4v) is 3.30. The molecule has 4 nitrogen and oxygen atoms in total. The van der Waals surface area contributed by atoms with Crippen molar-refractivity contribution >= 4 is 5.91 Å². The molecule has 0 spiro atoms. The second-order valence-corrected chi connectivity index (χ2v) is 6.83. The molecule has 24 heavy (non-hydrogen) atoms. The Bertz CT molecular complexity index is 746. The van der Waals surface area contributed by atoms with Crippen LogP contribution in [0.1, 0.15) is 48.4 Å². The molecule has 0 radical (unpaired) electrons. The van der Waals surface area contributed by atoms with E-state index in [-0.39, 0.29) is 5.91 Å². The standard InChI is InChI=1S/C20H22N2O2/c1-24-18-5-3-2-4-16(18)20(10-11-20)19(23)22-13-14-6-9-17(21-12-14)15-7-8-15/h2-6,9,12,15H,7-8,10-11,13H2,1H3,(H,22,23). The minimum absolute atomic E-state index is 0.0817. The Morgan fingerprint density at radius 1 is 1.25 bits per heavy atom. The number of hydrogen-bond acceptors (Lipinski definition) is 3. The molecule has 2 aromatic rings. The second kappa shape index (κ2) is 5.93. The molecule has 0 atom stereocenters. The van der Waals surface area contributed by atoms with E-state index in [1.165, 1.54) is 18.5 Å². The van der Waals surface area contributed by atoms with E-state index in [9.17, 15) is 4.79 Å². The SMILES string of the molecule is COc1ccccc1C1(C(=O)NCc2ccc(C3CC3)nc2)CC1. The molecule has 1 heterocycles. The van der Waals surface area contributed by atoms with Gasteiger partial charge in [-0.2, -0.15) is 0 Å². The van der Waals surface area contributed by atoms with Crippen molar-refractivity contribution in [3.63, 3.8) is 0 Å². The number of amides is 1. The summed E-state index contributed by atoms with van der Waals surface area (Å²) in [5.74, 6) is 1.53. The molecular weight excluding hydrogens is 300 g/mol. The molecule has 124 valence electrons. The average Bonchev–Trinajstić information content (AvgIpc) is 3.53. The van der Waals surface area contributed by atoms with Crippen molar-refractivity contribution in [2.75, 3.05) is 7.11 Å². The quantitative estimate of drug-likeness (QED) is 0.887. The lowest BCUT2D eigenvalue weighted by Gasteiger charge is -2.18. The van der Waals surface area contributed by atoms with Crippen LogP contribution in [0.2, 0.25) is 0 Å². The van der Waals surface area contributed by atoms with Gasteiger partial charge in [-0.05, 0) is 43.4 Å². The van der Waals surface area contributed by atoms with E-state index in [1.54, 1.807) is 7.11 Å². The van der Waals surface area contributed by atoms with E-state index in [0.29, 0.717) is 12.5 Å². The van der Waals surface area contributed by atoms with Crippen molar-refractivity contribution in [3.05, 3.63) is 59.4 Å². The Morgan fingerprint density at radius 3 is 2.67 bits per heavy atom. The zero-order valence-electron chi connectivity index (χ0n) is 13.9. The summed E-state index contributed by atoms with van der Waals surface area (Å²) in [7, 11) is 1.65. The van der Waals surface area contributed by atoms with E-state index in [4.69, 9.17) is 4.74 Å². The van der Waals surface area contributed by atoms with Crippen LogP contribution in [0.15, 0.2) is 42.6 Å². The Balaban J connectivity index is 1.44. The third-order valence-electron chi connectivity index (χ3n) is 5.10. The van der Waals surface area contributed by atoms with Gasteiger partial charge in [-0.25, -0.2) is 0 Å². The van der Waals surface area contributed by atoms with Gasteiger partial charge in [-0.1, -0.05) is 24.3 Å². The number of ether oxygens (including phenoxy) is 1. The van der Waals surface area contributed by atoms with E-state index < -0.39 is 5.41 Å². The smallest absolute Gasteiger partial charge is 0.231 e. The fraction of sp³-hybridized carbons (Fsp3) is 0.400. The van der Waals surface area contributed by atoms with Crippen LogP contribution < -0.4 is 10.1 Å². The van der Waals surface area contributed by atoms with Crippen LogP contribution in [0.4, 0.5) is 0 Å². The summed E-state index contributed by atoms with van der Waals surface area (Å²) in [6, 6.07) is 12.0. The monoisotopic (exact) mass is 322 g/mol. The Labute approximate surface area is 142 Å². The van der Waals surface area contributed by atoms with E-state index >= 15 is 0 Å². The summed E-state index contributed by atoms with van der Waals surface area (Å²) < 4.78 is 5.44. The molecule has 4 rings (SSSR count). The number of benzene rings is 1. The van der Waals surface area contributed by atoms with Gasteiger partial charge in [-0.15, -0.1) is 0 Å². The van der Waals surface area contributed by atoms with Gasteiger partial charge in [0.05, 0.1) is 12.5 Å². The van der Waals surface area contributed by atoms with Crippen LogP contribution >= 0.6 is 0 Å². The molecular formula is C20H22N2O2.